The number of nitrogens with zero attached hydrogens (tertiary/aromatic N) is 1. The van der Waals surface area contributed by atoms with E-state index in [-0.39, 0.29) is 0 Å². The van der Waals surface area contributed by atoms with Crippen molar-refractivity contribution in [2.75, 3.05) is 32.8 Å². The van der Waals surface area contributed by atoms with Gasteiger partial charge in [0.2, 0.25) is 5.91 Å². The van der Waals surface area contributed by atoms with E-state index < -0.39 is 11.2 Å². The Hall–Kier alpha value is -1.43. The van der Waals surface area contributed by atoms with Crippen LogP contribution in [0.5, 0.6) is 0 Å². The van der Waals surface area contributed by atoms with Crippen LogP contribution >= 0.6 is 0 Å². The summed E-state index contributed by atoms with van der Waals surface area (Å²) in [4.78, 5) is 19.0. The first-order valence-corrected chi connectivity index (χ1v) is 49.6. The molecule has 3 aliphatic rings. The molecule has 1 N–H and O–H groups in total. The van der Waals surface area contributed by atoms with Gasteiger partial charge in [-0.25, -0.2) is 0 Å². The third kappa shape index (κ3) is 55.6. The molecule has 2 saturated heterocycles. The molecule has 0 radical (unpaired) electrons. The standard InChI is InChI=1S/C100H188N2O3/c103-98-99(88-80-73-69-65-61-57-53-49-45-41-37-33-29-25-21-17-13-9-6-4-2-1-3-5-7-11-15-19-23-27-31-35-39-43-47-51-55-59-63-67-71-75-82-90-100(99)104-94-95-105-100)89-81-74-70-66-62-58-54-50-46-42-38-34-30-26-22-18-14-10-8-12-16-20-24-28-32-36-40-44-48-52-56-60-64-68-72-76-83-91-101-92-84-85-93-102(98)96-97-86-78-77-79-87-97/h77-79,86-87,101H,1-76,80-85,88-96H2. The van der Waals surface area contributed by atoms with E-state index in [0.717, 1.165) is 71.0 Å². The number of hydrogen-bond donors (Lipinski definition) is 1. The summed E-state index contributed by atoms with van der Waals surface area (Å²) in [5, 5.41) is 3.86. The molecule has 1 atom stereocenters. The molecule has 1 saturated carbocycles. The highest BCUT2D eigenvalue weighted by Gasteiger charge is 2.60. The van der Waals surface area contributed by atoms with Gasteiger partial charge in [0.1, 0.15) is 5.41 Å². The van der Waals surface area contributed by atoms with E-state index in [1.54, 1.807) is 0 Å². The van der Waals surface area contributed by atoms with Gasteiger partial charge in [-0.15, -0.1) is 0 Å². The first kappa shape index (κ1) is 95.9. The molecule has 3 fully saturated rings. The average molecular weight is 1470 g/mol. The molecule has 1 amide bonds. The van der Waals surface area contributed by atoms with E-state index in [9.17, 15) is 0 Å². The van der Waals surface area contributed by atoms with Crippen molar-refractivity contribution in [2.24, 2.45) is 5.41 Å². The Morgan fingerprint density at radius 3 is 0.657 bits per heavy atom. The number of nitrogens with one attached hydrogen (secondary N) is 1. The van der Waals surface area contributed by atoms with Crippen molar-refractivity contribution in [3.05, 3.63) is 35.9 Å². The zero-order valence-electron chi connectivity index (χ0n) is 71.4. The van der Waals surface area contributed by atoms with E-state index >= 15 is 4.79 Å². The number of carbonyl (C=O) groups is 1. The second-order valence-corrected chi connectivity index (χ2v) is 35.7. The Labute approximate surface area is 658 Å². The summed E-state index contributed by atoms with van der Waals surface area (Å²) in [5.74, 6) is -0.506. The van der Waals surface area contributed by atoms with Gasteiger partial charge in [-0.1, -0.05) is 531 Å². The molecule has 4 rings (SSSR count). The Morgan fingerprint density at radius 2 is 0.429 bits per heavy atom. The van der Waals surface area contributed by atoms with Gasteiger partial charge in [-0.2, -0.15) is 0 Å². The van der Waals surface area contributed by atoms with Crippen molar-refractivity contribution < 1.29 is 14.3 Å². The first-order chi connectivity index (χ1) is 52.3. The molecule has 0 bridgehead atoms. The van der Waals surface area contributed by atoms with Crippen LogP contribution in [0.15, 0.2) is 30.3 Å². The van der Waals surface area contributed by atoms with Gasteiger partial charge in [0.05, 0.1) is 13.2 Å². The molecule has 5 nitrogen and oxygen atoms in total. The molecule has 5 heteroatoms. The molecule has 616 valence electrons. The van der Waals surface area contributed by atoms with Crippen molar-refractivity contribution >= 4 is 5.91 Å². The van der Waals surface area contributed by atoms with Crippen molar-refractivity contribution in [1.29, 1.82) is 0 Å². The maximum atomic E-state index is 16.6. The highest BCUT2D eigenvalue weighted by atomic mass is 16.7. The second kappa shape index (κ2) is 75.3. The van der Waals surface area contributed by atoms with E-state index in [4.69, 9.17) is 9.47 Å². The lowest BCUT2D eigenvalue weighted by Gasteiger charge is -2.48. The van der Waals surface area contributed by atoms with E-state index in [0.29, 0.717) is 25.7 Å². The monoisotopic (exact) mass is 1470 g/mol. The number of amides is 1. The summed E-state index contributed by atoms with van der Waals surface area (Å²) in [7, 11) is 0. The summed E-state index contributed by atoms with van der Waals surface area (Å²) in [6.45, 7) is 4.85. The molecule has 2 spiro atoms. The van der Waals surface area contributed by atoms with Crippen LogP contribution in [0.3, 0.4) is 0 Å². The molecule has 0 aromatic heterocycles. The van der Waals surface area contributed by atoms with Crippen molar-refractivity contribution in [3.63, 3.8) is 0 Å². The summed E-state index contributed by atoms with van der Waals surface area (Å²) in [6.07, 6.45) is 118. The number of ether oxygens (including phenoxy) is 2. The third-order valence-electron chi connectivity index (χ3n) is 26.0. The fourth-order valence-electron chi connectivity index (χ4n) is 18.9. The molecule has 2 aliphatic heterocycles. The molecular weight excluding hydrogens is 1280 g/mol. The maximum Gasteiger partial charge on any atom is 0.234 e. The predicted molar refractivity (Wildman–Crippen MR) is 464 cm³/mol. The molecule has 2 heterocycles. The number of benzene rings is 1. The van der Waals surface area contributed by atoms with Crippen molar-refractivity contribution in [2.45, 2.75) is 558 Å². The molecule has 1 aromatic rings. The highest BCUT2D eigenvalue weighted by Crippen LogP contribution is 2.51. The summed E-state index contributed by atoms with van der Waals surface area (Å²) in [5.41, 5.74) is 0.558. The number of fused-ring (bicyclic) bond motifs is 1. The van der Waals surface area contributed by atoms with E-state index in [1.165, 1.54) is 500 Å². The number of carbonyl (C=O) groups excluding carboxylic acids is 1. The van der Waals surface area contributed by atoms with Gasteiger partial charge in [0.15, 0.2) is 5.79 Å². The SMILES string of the molecule is O=C1N(Cc2ccccc2)CCCCNCCCCCCCCCCCCCCCCCCCCCCCCCCCCCCCCCCCCCCCC12CCCCCCCCCCCCCCCCCCCCCCCCCCCCCCCCCCCCCCCCCCCCCC21OCCO1. The lowest BCUT2D eigenvalue weighted by atomic mass is 9.68. The van der Waals surface area contributed by atoms with Crippen molar-refractivity contribution in [1.82, 2.24) is 10.2 Å². The van der Waals surface area contributed by atoms with Gasteiger partial charge in [0.25, 0.3) is 0 Å². The fraction of sp³-hybridized carbons (Fsp3) is 0.930. The zero-order chi connectivity index (χ0) is 73.7. The third-order valence-corrected chi connectivity index (χ3v) is 26.0. The Bertz CT molecular complexity index is 1840. The lowest BCUT2D eigenvalue weighted by molar-refractivity contribution is -0.248. The first-order valence-electron chi connectivity index (χ1n) is 49.6. The fourth-order valence-corrected chi connectivity index (χ4v) is 18.9. The van der Waals surface area contributed by atoms with Crippen LogP contribution < -0.4 is 5.32 Å². The quantitative estimate of drug-likeness (QED) is 0.321. The van der Waals surface area contributed by atoms with Crippen LogP contribution in [0, 0.1) is 5.41 Å². The van der Waals surface area contributed by atoms with Gasteiger partial charge < -0.3 is 19.7 Å². The minimum Gasteiger partial charge on any atom is -0.346 e. The van der Waals surface area contributed by atoms with Gasteiger partial charge in [-0.3, -0.25) is 4.79 Å². The summed E-state index contributed by atoms with van der Waals surface area (Å²) in [6, 6.07) is 11.0. The minimum absolute atomic E-state index is 0.349. The predicted octanol–water partition coefficient (Wildman–Crippen LogP) is 33.5. The minimum atomic E-state index is -0.854. The largest absolute Gasteiger partial charge is 0.346 e. The maximum absolute atomic E-state index is 16.6. The average Bonchev–Trinajstić information content (AvgIpc) is 1.73. The highest BCUT2D eigenvalue weighted by molar-refractivity contribution is 5.84. The lowest BCUT2D eigenvalue weighted by Crippen LogP contribution is -2.59. The van der Waals surface area contributed by atoms with Crippen LogP contribution in [0.4, 0.5) is 0 Å². The van der Waals surface area contributed by atoms with E-state index in [2.05, 4.69) is 40.5 Å². The summed E-state index contributed by atoms with van der Waals surface area (Å²) >= 11 is 0. The topological polar surface area (TPSA) is 50.8 Å². The number of rotatable bonds is 2. The molecule has 1 aromatic carbocycles. The van der Waals surface area contributed by atoms with Crippen LogP contribution in [0.1, 0.15) is 551 Å². The second-order valence-electron chi connectivity index (χ2n) is 35.7. The Balaban J connectivity index is 1.39. The van der Waals surface area contributed by atoms with Gasteiger partial charge in [-0.05, 0) is 57.2 Å². The number of hydrogen-bond acceptors (Lipinski definition) is 4. The van der Waals surface area contributed by atoms with Crippen molar-refractivity contribution in [3.8, 4) is 0 Å². The van der Waals surface area contributed by atoms with Crippen LogP contribution in [-0.2, 0) is 20.8 Å². The van der Waals surface area contributed by atoms with Crippen LogP contribution in [0.2, 0.25) is 0 Å². The summed E-state index contributed by atoms with van der Waals surface area (Å²) < 4.78 is 14.5. The Kier molecular flexibility index (Phi) is 68.8. The zero-order valence-corrected chi connectivity index (χ0v) is 71.4. The normalized spacial score (nSPS) is 25.4. The molecular formula is C100H188N2O3. The smallest absolute Gasteiger partial charge is 0.234 e. The molecule has 1 unspecified atom stereocenters. The Morgan fingerprint density at radius 1 is 0.238 bits per heavy atom. The van der Waals surface area contributed by atoms with Gasteiger partial charge >= 0.3 is 0 Å². The molecule has 1 aliphatic carbocycles. The van der Waals surface area contributed by atoms with E-state index in [1.807, 2.05) is 0 Å². The van der Waals surface area contributed by atoms with Crippen LogP contribution in [0.25, 0.3) is 0 Å². The van der Waals surface area contributed by atoms with Crippen LogP contribution in [-0.4, -0.2) is 49.4 Å². The van der Waals surface area contributed by atoms with Gasteiger partial charge in [0, 0.05) is 19.5 Å². The molecule has 105 heavy (non-hydrogen) atoms.